The van der Waals surface area contributed by atoms with Crippen molar-refractivity contribution >= 4 is 5.82 Å². The normalized spacial score (nSPS) is 9.68. The molecule has 0 spiro atoms. The van der Waals surface area contributed by atoms with E-state index in [1.165, 1.54) is 0 Å². The second-order valence-electron chi connectivity index (χ2n) is 3.96. The monoisotopic (exact) mass is 254 g/mol. The highest BCUT2D eigenvalue weighted by atomic mass is 16.5. The Kier molecular flexibility index (Phi) is 4.32. The minimum absolute atomic E-state index is 0.414. The van der Waals surface area contributed by atoms with Crippen molar-refractivity contribution < 1.29 is 4.74 Å². The molecule has 19 heavy (non-hydrogen) atoms. The van der Waals surface area contributed by atoms with E-state index < -0.39 is 0 Å². The van der Waals surface area contributed by atoms with Gasteiger partial charge in [-0.25, -0.2) is 10.8 Å². The first-order valence-corrected chi connectivity index (χ1v) is 5.82. The van der Waals surface area contributed by atoms with Crippen LogP contribution in [0.5, 0.6) is 5.75 Å². The number of aromatic nitrogens is 1. The standard InChI is InChI=1S/C14H14N4O/c15-8-7-11-1-4-13(5-2-11)19-10-12-3-6-14(18-16)17-9-12/h1-6,9H,7,10,16H2,(H,17,18). The van der Waals surface area contributed by atoms with Crippen molar-refractivity contribution in [2.45, 2.75) is 13.0 Å². The second-order valence-corrected chi connectivity index (χ2v) is 3.96. The number of anilines is 1. The number of nitriles is 1. The molecule has 0 aliphatic carbocycles. The summed E-state index contributed by atoms with van der Waals surface area (Å²) in [6.07, 6.45) is 2.12. The number of nitrogens with one attached hydrogen (secondary N) is 1. The third-order valence-corrected chi connectivity index (χ3v) is 2.58. The van der Waals surface area contributed by atoms with Crippen LogP contribution in [0.15, 0.2) is 42.6 Å². The molecule has 0 amide bonds. The van der Waals surface area contributed by atoms with E-state index in [-0.39, 0.29) is 0 Å². The first kappa shape index (κ1) is 12.9. The topological polar surface area (TPSA) is 84.0 Å². The Bertz CT molecular complexity index is 557. The van der Waals surface area contributed by atoms with E-state index >= 15 is 0 Å². The molecule has 5 heteroatoms. The predicted octanol–water partition coefficient (Wildman–Crippen LogP) is 2.01. The van der Waals surface area contributed by atoms with Crippen LogP contribution < -0.4 is 16.0 Å². The van der Waals surface area contributed by atoms with E-state index in [0.717, 1.165) is 16.9 Å². The molecule has 96 valence electrons. The zero-order valence-electron chi connectivity index (χ0n) is 10.3. The Morgan fingerprint density at radius 3 is 2.47 bits per heavy atom. The summed E-state index contributed by atoms with van der Waals surface area (Å²) in [6, 6.07) is 13.3. The highest BCUT2D eigenvalue weighted by Crippen LogP contribution is 2.14. The number of nitrogen functional groups attached to an aromatic ring is 1. The molecule has 2 aromatic rings. The first-order valence-electron chi connectivity index (χ1n) is 5.82. The lowest BCUT2D eigenvalue weighted by molar-refractivity contribution is 0.305. The number of ether oxygens (including phenoxy) is 1. The molecule has 0 atom stereocenters. The molecule has 1 heterocycles. The average molecular weight is 254 g/mol. The summed E-state index contributed by atoms with van der Waals surface area (Å²) in [5.74, 6) is 6.62. The fourth-order valence-electron chi connectivity index (χ4n) is 1.56. The zero-order valence-corrected chi connectivity index (χ0v) is 10.3. The summed E-state index contributed by atoms with van der Waals surface area (Å²) in [5, 5.41) is 8.58. The van der Waals surface area contributed by atoms with Crippen LogP contribution in [-0.4, -0.2) is 4.98 Å². The summed E-state index contributed by atoms with van der Waals surface area (Å²) in [4.78, 5) is 4.10. The van der Waals surface area contributed by atoms with Crippen LogP contribution in [0.3, 0.4) is 0 Å². The fourth-order valence-corrected chi connectivity index (χ4v) is 1.56. The van der Waals surface area contributed by atoms with E-state index in [1.54, 1.807) is 12.3 Å². The molecule has 1 aromatic heterocycles. The smallest absolute Gasteiger partial charge is 0.139 e. The molecule has 5 nitrogen and oxygen atoms in total. The minimum Gasteiger partial charge on any atom is -0.489 e. The van der Waals surface area contributed by atoms with Crippen molar-refractivity contribution in [3.63, 3.8) is 0 Å². The summed E-state index contributed by atoms with van der Waals surface area (Å²) >= 11 is 0. The molecule has 0 unspecified atom stereocenters. The molecular weight excluding hydrogens is 240 g/mol. The molecule has 2 rings (SSSR count). The Morgan fingerprint density at radius 2 is 1.89 bits per heavy atom. The van der Waals surface area contributed by atoms with Gasteiger partial charge in [-0.2, -0.15) is 5.26 Å². The van der Waals surface area contributed by atoms with E-state index in [0.29, 0.717) is 18.8 Å². The molecule has 3 N–H and O–H groups in total. The summed E-state index contributed by atoms with van der Waals surface area (Å²) in [5.41, 5.74) is 4.41. The highest BCUT2D eigenvalue weighted by molar-refractivity contribution is 5.34. The zero-order chi connectivity index (χ0) is 13.5. The van der Waals surface area contributed by atoms with Crippen molar-refractivity contribution in [2.24, 2.45) is 5.84 Å². The summed E-state index contributed by atoms with van der Waals surface area (Å²) < 4.78 is 5.62. The first-order chi connectivity index (χ1) is 9.31. The van der Waals surface area contributed by atoms with Crippen molar-refractivity contribution in [3.8, 4) is 11.8 Å². The van der Waals surface area contributed by atoms with Gasteiger partial charge in [-0.05, 0) is 23.8 Å². The van der Waals surface area contributed by atoms with Gasteiger partial charge in [0.05, 0.1) is 12.5 Å². The van der Waals surface area contributed by atoms with Crippen LogP contribution in [0, 0.1) is 11.3 Å². The van der Waals surface area contributed by atoms with Gasteiger partial charge in [0.1, 0.15) is 18.2 Å². The van der Waals surface area contributed by atoms with Gasteiger partial charge in [0, 0.05) is 11.8 Å². The molecule has 0 saturated heterocycles. The molecule has 0 radical (unpaired) electrons. The van der Waals surface area contributed by atoms with Gasteiger partial charge in [0.15, 0.2) is 0 Å². The minimum atomic E-state index is 0.414. The number of hydrogen-bond donors (Lipinski definition) is 2. The number of rotatable bonds is 5. The summed E-state index contributed by atoms with van der Waals surface area (Å²) in [6.45, 7) is 0.440. The third kappa shape index (κ3) is 3.69. The number of nitrogens with two attached hydrogens (primary N) is 1. The Labute approximate surface area is 111 Å². The maximum atomic E-state index is 8.58. The maximum Gasteiger partial charge on any atom is 0.139 e. The Hall–Kier alpha value is -2.58. The van der Waals surface area contributed by atoms with Crippen molar-refractivity contribution in [3.05, 3.63) is 53.7 Å². The molecule has 0 bridgehead atoms. The lowest BCUT2D eigenvalue weighted by atomic mass is 10.2. The lowest BCUT2D eigenvalue weighted by Crippen LogP contribution is -2.08. The van der Waals surface area contributed by atoms with Gasteiger partial charge in [-0.3, -0.25) is 0 Å². The molecule has 0 aliphatic rings. The van der Waals surface area contributed by atoms with Gasteiger partial charge in [0.25, 0.3) is 0 Å². The van der Waals surface area contributed by atoms with Gasteiger partial charge < -0.3 is 10.2 Å². The van der Waals surface area contributed by atoms with Crippen LogP contribution in [-0.2, 0) is 13.0 Å². The Balaban J connectivity index is 1.92. The number of nitrogens with zero attached hydrogens (tertiary/aromatic N) is 2. The quantitative estimate of drug-likeness (QED) is 0.630. The highest BCUT2D eigenvalue weighted by Gasteiger charge is 1.98. The summed E-state index contributed by atoms with van der Waals surface area (Å²) in [7, 11) is 0. The molecule has 0 saturated carbocycles. The molecule has 1 aromatic carbocycles. The van der Waals surface area contributed by atoms with Crippen LogP contribution in [0.2, 0.25) is 0 Å². The van der Waals surface area contributed by atoms with Crippen molar-refractivity contribution in [1.82, 2.24) is 4.98 Å². The number of hydrazine groups is 1. The van der Waals surface area contributed by atoms with E-state index in [2.05, 4.69) is 16.5 Å². The third-order valence-electron chi connectivity index (χ3n) is 2.58. The van der Waals surface area contributed by atoms with Gasteiger partial charge in [-0.15, -0.1) is 0 Å². The van der Waals surface area contributed by atoms with Crippen molar-refractivity contribution in [1.29, 1.82) is 5.26 Å². The predicted molar refractivity (Wildman–Crippen MR) is 72.1 cm³/mol. The fraction of sp³-hybridized carbons (Fsp3) is 0.143. The van der Waals surface area contributed by atoms with Crippen LogP contribution in [0.25, 0.3) is 0 Å². The van der Waals surface area contributed by atoms with Gasteiger partial charge >= 0.3 is 0 Å². The molecule has 0 aliphatic heterocycles. The van der Waals surface area contributed by atoms with Gasteiger partial charge in [-0.1, -0.05) is 18.2 Å². The SMILES string of the molecule is N#CCc1ccc(OCc2ccc(NN)nc2)cc1. The van der Waals surface area contributed by atoms with E-state index in [9.17, 15) is 0 Å². The molecule has 0 fully saturated rings. The van der Waals surface area contributed by atoms with E-state index in [4.69, 9.17) is 15.8 Å². The van der Waals surface area contributed by atoms with Crippen LogP contribution >= 0.6 is 0 Å². The second kappa shape index (κ2) is 6.38. The largest absolute Gasteiger partial charge is 0.489 e. The van der Waals surface area contributed by atoms with Crippen LogP contribution in [0.4, 0.5) is 5.82 Å². The lowest BCUT2D eigenvalue weighted by Gasteiger charge is -2.07. The average Bonchev–Trinajstić information content (AvgIpc) is 2.47. The maximum absolute atomic E-state index is 8.58. The van der Waals surface area contributed by atoms with Crippen molar-refractivity contribution in [2.75, 3.05) is 5.43 Å². The molecular formula is C14H14N4O. The van der Waals surface area contributed by atoms with Gasteiger partial charge in [0.2, 0.25) is 0 Å². The number of hydrogen-bond acceptors (Lipinski definition) is 5. The number of pyridine rings is 1. The van der Waals surface area contributed by atoms with Crippen LogP contribution in [0.1, 0.15) is 11.1 Å². The number of benzene rings is 1. The Morgan fingerprint density at radius 1 is 1.16 bits per heavy atom. The van der Waals surface area contributed by atoms with E-state index in [1.807, 2.05) is 30.3 Å².